The van der Waals surface area contributed by atoms with Gasteiger partial charge in [-0.1, -0.05) is 48.0 Å². The molecule has 0 saturated heterocycles. The van der Waals surface area contributed by atoms with Gasteiger partial charge in [-0.3, -0.25) is 4.90 Å². The maximum Gasteiger partial charge on any atom is 0.129 e. The third-order valence-electron chi connectivity index (χ3n) is 7.77. The molecule has 4 aromatic carbocycles. The van der Waals surface area contributed by atoms with Crippen molar-refractivity contribution in [2.45, 2.75) is 26.3 Å². The summed E-state index contributed by atoms with van der Waals surface area (Å²) in [7, 11) is 2.18. The van der Waals surface area contributed by atoms with E-state index in [4.69, 9.17) is 4.74 Å². The summed E-state index contributed by atoms with van der Waals surface area (Å²) < 4.78 is 6.39. The Kier molecular flexibility index (Phi) is 6.09. The lowest BCUT2D eigenvalue weighted by Crippen LogP contribution is -2.49. The van der Waals surface area contributed by atoms with Crippen LogP contribution in [-0.4, -0.2) is 25.3 Å². The van der Waals surface area contributed by atoms with Crippen molar-refractivity contribution in [2.24, 2.45) is 0 Å². The Morgan fingerprint density at radius 3 is 2.03 bits per heavy atom. The van der Waals surface area contributed by atoms with E-state index < -0.39 is 0 Å². The van der Waals surface area contributed by atoms with Gasteiger partial charge in [0.1, 0.15) is 11.5 Å². The molecule has 0 spiro atoms. The molecule has 4 aromatic rings. The molecule has 192 valence electrons. The van der Waals surface area contributed by atoms with Gasteiger partial charge in [0, 0.05) is 52.8 Å². The van der Waals surface area contributed by atoms with Gasteiger partial charge in [-0.05, 0) is 75.8 Å². The number of nitrogens with zero attached hydrogens (tertiary/aromatic N) is 4. The highest BCUT2D eigenvalue weighted by molar-refractivity contribution is 5.70. The van der Waals surface area contributed by atoms with Gasteiger partial charge in [-0.15, -0.1) is 0 Å². The van der Waals surface area contributed by atoms with Crippen molar-refractivity contribution >= 4 is 22.7 Å². The number of rotatable bonds is 5. The SMILES string of the molecule is Cc1ccc(N2C=CN(c3cccc(Oc4cccc(N5CN(C)C(C)(C)c6ccccc65)c4)c3)C2)cc1. The van der Waals surface area contributed by atoms with E-state index in [-0.39, 0.29) is 5.54 Å². The van der Waals surface area contributed by atoms with Crippen LogP contribution in [0.5, 0.6) is 11.5 Å². The summed E-state index contributed by atoms with van der Waals surface area (Å²) in [5.41, 5.74) is 7.21. The fourth-order valence-corrected chi connectivity index (χ4v) is 5.19. The highest BCUT2D eigenvalue weighted by atomic mass is 16.5. The van der Waals surface area contributed by atoms with E-state index in [0.717, 1.165) is 36.2 Å². The Morgan fingerprint density at radius 1 is 0.658 bits per heavy atom. The minimum atomic E-state index is -0.0271. The van der Waals surface area contributed by atoms with Gasteiger partial charge in [0.2, 0.25) is 0 Å². The third kappa shape index (κ3) is 4.50. The molecule has 2 aliphatic heterocycles. The number of fused-ring (bicyclic) bond motifs is 1. The van der Waals surface area contributed by atoms with Crippen LogP contribution in [0.1, 0.15) is 25.0 Å². The molecule has 2 aliphatic rings. The molecule has 6 rings (SSSR count). The van der Waals surface area contributed by atoms with Gasteiger partial charge < -0.3 is 19.4 Å². The van der Waals surface area contributed by atoms with Gasteiger partial charge in [0.15, 0.2) is 0 Å². The van der Waals surface area contributed by atoms with Crippen molar-refractivity contribution < 1.29 is 4.74 Å². The lowest BCUT2D eigenvalue weighted by molar-refractivity contribution is 0.150. The van der Waals surface area contributed by atoms with Crippen molar-refractivity contribution in [3.05, 3.63) is 121 Å². The van der Waals surface area contributed by atoms with Crippen LogP contribution in [0, 0.1) is 6.92 Å². The Hall–Kier alpha value is -4.22. The number of hydrogen-bond donors (Lipinski definition) is 0. The molecular formula is C33H34N4O. The summed E-state index contributed by atoms with van der Waals surface area (Å²) in [6, 6.07) is 34.0. The normalized spacial score (nSPS) is 16.6. The van der Waals surface area contributed by atoms with E-state index in [1.807, 2.05) is 12.1 Å². The van der Waals surface area contributed by atoms with Crippen LogP contribution < -0.4 is 19.4 Å². The smallest absolute Gasteiger partial charge is 0.129 e. The zero-order valence-electron chi connectivity index (χ0n) is 22.5. The first-order chi connectivity index (χ1) is 18.4. The number of anilines is 4. The molecule has 0 aromatic heterocycles. The molecular weight excluding hydrogens is 468 g/mol. The predicted octanol–water partition coefficient (Wildman–Crippen LogP) is 7.82. The lowest BCUT2D eigenvalue weighted by Gasteiger charge is -2.47. The van der Waals surface area contributed by atoms with E-state index in [9.17, 15) is 0 Å². The molecule has 5 heteroatoms. The summed E-state index contributed by atoms with van der Waals surface area (Å²) in [5.74, 6) is 1.64. The number of aryl methyl sites for hydroxylation is 1. The van der Waals surface area contributed by atoms with Crippen molar-refractivity contribution in [1.82, 2.24) is 4.90 Å². The van der Waals surface area contributed by atoms with Crippen LogP contribution >= 0.6 is 0 Å². The Morgan fingerprint density at radius 2 is 1.29 bits per heavy atom. The van der Waals surface area contributed by atoms with Crippen LogP contribution in [0.15, 0.2) is 109 Å². The van der Waals surface area contributed by atoms with E-state index in [2.05, 4.69) is 145 Å². The molecule has 0 radical (unpaired) electrons. The largest absolute Gasteiger partial charge is 0.457 e. The zero-order valence-corrected chi connectivity index (χ0v) is 22.5. The molecule has 2 heterocycles. The second kappa shape index (κ2) is 9.58. The molecule has 0 unspecified atom stereocenters. The van der Waals surface area contributed by atoms with Crippen molar-refractivity contribution in [3.63, 3.8) is 0 Å². The van der Waals surface area contributed by atoms with E-state index >= 15 is 0 Å². The fraction of sp³-hybridized carbons (Fsp3) is 0.212. The molecule has 0 N–H and O–H groups in total. The minimum absolute atomic E-state index is 0.0271. The summed E-state index contributed by atoms with van der Waals surface area (Å²) >= 11 is 0. The maximum absolute atomic E-state index is 6.39. The standard InChI is InChI=1S/C33H34N4O/c1-25-15-17-26(18-16-25)35-19-20-36(24-35)27-9-7-11-29(21-27)38-30-12-8-10-28(22-30)37-23-34(4)33(2,3)31-13-5-6-14-32(31)37/h5-22H,23-24H2,1-4H3. The summed E-state index contributed by atoms with van der Waals surface area (Å²) in [5, 5.41) is 0. The molecule has 5 nitrogen and oxygen atoms in total. The van der Waals surface area contributed by atoms with Gasteiger partial charge in [-0.25, -0.2) is 0 Å². The number of ether oxygens (including phenoxy) is 1. The number of para-hydroxylation sites is 1. The van der Waals surface area contributed by atoms with E-state index in [0.29, 0.717) is 0 Å². The highest BCUT2D eigenvalue weighted by Gasteiger charge is 2.35. The third-order valence-corrected chi connectivity index (χ3v) is 7.77. The zero-order chi connectivity index (χ0) is 26.3. The molecule has 0 fully saturated rings. The molecule has 0 saturated carbocycles. The summed E-state index contributed by atoms with van der Waals surface area (Å²) in [6.45, 7) is 8.25. The Labute approximate surface area is 225 Å². The van der Waals surface area contributed by atoms with Gasteiger partial charge in [-0.2, -0.15) is 0 Å². The Bertz CT molecular complexity index is 1480. The predicted molar refractivity (Wildman–Crippen MR) is 157 cm³/mol. The highest BCUT2D eigenvalue weighted by Crippen LogP contribution is 2.42. The second-order valence-electron chi connectivity index (χ2n) is 10.7. The van der Waals surface area contributed by atoms with Crippen LogP contribution in [0.4, 0.5) is 22.7 Å². The van der Waals surface area contributed by atoms with Crippen molar-refractivity contribution in [1.29, 1.82) is 0 Å². The molecule has 0 aliphatic carbocycles. The van der Waals surface area contributed by atoms with Crippen LogP contribution in [0.2, 0.25) is 0 Å². The monoisotopic (exact) mass is 502 g/mol. The number of hydrogen-bond acceptors (Lipinski definition) is 5. The minimum Gasteiger partial charge on any atom is -0.457 e. The number of benzene rings is 4. The van der Waals surface area contributed by atoms with Crippen molar-refractivity contribution in [2.75, 3.05) is 35.1 Å². The molecule has 0 bridgehead atoms. The topological polar surface area (TPSA) is 22.2 Å². The molecule has 38 heavy (non-hydrogen) atoms. The van der Waals surface area contributed by atoms with E-state index in [1.165, 1.54) is 22.5 Å². The Balaban J connectivity index is 1.21. The second-order valence-corrected chi connectivity index (χ2v) is 10.7. The fourth-order valence-electron chi connectivity index (χ4n) is 5.19. The van der Waals surface area contributed by atoms with Crippen molar-refractivity contribution in [3.8, 4) is 11.5 Å². The summed E-state index contributed by atoms with van der Waals surface area (Å²) in [4.78, 5) is 9.21. The first-order valence-corrected chi connectivity index (χ1v) is 13.1. The van der Waals surface area contributed by atoms with Gasteiger partial charge in [0.25, 0.3) is 0 Å². The average Bonchev–Trinajstić information content (AvgIpc) is 3.42. The van der Waals surface area contributed by atoms with Crippen LogP contribution in [0.25, 0.3) is 0 Å². The quantitative estimate of drug-likeness (QED) is 0.277. The van der Waals surface area contributed by atoms with Crippen LogP contribution in [0.3, 0.4) is 0 Å². The molecule has 0 amide bonds. The summed E-state index contributed by atoms with van der Waals surface area (Å²) in [6.07, 6.45) is 4.24. The van der Waals surface area contributed by atoms with Crippen LogP contribution in [-0.2, 0) is 5.54 Å². The van der Waals surface area contributed by atoms with Gasteiger partial charge in [0.05, 0.1) is 13.3 Å². The first-order valence-electron chi connectivity index (χ1n) is 13.1. The van der Waals surface area contributed by atoms with Gasteiger partial charge >= 0.3 is 0 Å². The maximum atomic E-state index is 6.39. The molecule has 0 atom stereocenters. The first kappa shape index (κ1) is 24.1. The lowest BCUT2D eigenvalue weighted by atomic mass is 9.88. The van der Waals surface area contributed by atoms with E-state index in [1.54, 1.807) is 0 Å². The average molecular weight is 503 g/mol.